The number of thioether (sulfide) groups is 1. The molecule has 0 spiro atoms. The third-order valence-corrected chi connectivity index (χ3v) is 4.73. The molecular weight excluding hydrogens is 334 g/mol. The molecule has 110 valence electrons. The Balaban J connectivity index is 2.29. The molecule has 9 heteroatoms. The summed E-state index contributed by atoms with van der Waals surface area (Å²) in [5.41, 5.74) is 0. The summed E-state index contributed by atoms with van der Waals surface area (Å²) in [6.07, 6.45) is 0.705. The fraction of sp³-hybridized carbons (Fsp3) is 0.167. The molecule has 1 aliphatic rings. The molecule has 1 atom stereocenters. The highest BCUT2D eigenvalue weighted by Crippen LogP contribution is 2.35. The standard InChI is InChI=1S/C12H9NO5S3/c14-9(15)5-7(11(17)18)13-10(16)8(21-12(13)19)4-6-2-1-3-20-6/h1-4,7H,5H2,(H,14,15)(H,17,18)/p-2/b8-4+/t7-/m0/s1. The van der Waals surface area contributed by atoms with E-state index in [0.717, 1.165) is 21.5 Å². The maximum Gasteiger partial charge on any atom is 0.266 e. The van der Waals surface area contributed by atoms with Gasteiger partial charge in [0.15, 0.2) is 0 Å². The molecule has 2 rings (SSSR count). The maximum absolute atomic E-state index is 12.2. The molecule has 0 unspecified atom stereocenters. The van der Waals surface area contributed by atoms with Crippen molar-refractivity contribution in [2.45, 2.75) is 12.5 Å². The highest BCUT2D eigenvalue weighted by atomic mass is 32.2. The van der Waals surface area contributed by atoms with Crippen LogP contribution < -0.4 is 10.2 Å². The Morgan fingerprint density at radius 1 is 1.43 bits per heavy atom. The van der Waals surface area contributed by atoms with Crippen LogP contribution in [-0.4, -0.2) is 33.1 Å². The Labute approximate surface area is 133 Å². The lowest BCUT2D eigenvalue weighted by atomic mass is 10.2. The van der Waals surface area contributed by atoms with Crippen molar-refractivity contribution in [1.29, 1.82) is 0 Å². The molecule has 1 aromatic rings. The second-order valence-electron chi connectivity index (χ2n) is 3.98. The summed E-state index contributed by atoms with van der Waals surface area (Å²) in [7, 11) is 0. The fourth-order valence-electron chi connectivity index (χ4n) is 1.69. The monoisotopic (exact) mass is 341 g/mol. The number of carbonyl (C=O) groups is 3. The highest BCUT2D eigenvalue weighted by molar-refractivity contribution is 8.26. The van der Waals surface area contributed by atoms with E-state index < -0.39 is 30.3 Å². The molecule has 0 radical (unpaired) electrons. The second-order valence-corrected chi connectivity index (χ2v) is 6.63. The van der Waals surface area contributed by atoms with E-state index in [-0.39, 0.29) is 9.23 Å². The summed E-state index contributed by atoms with van der Waals surface area (Å²) in [5.74, 6) is -3.93. The van der Waals surface area contributed by atoms with Gasteiger partial charge in [0.1, 0.15) is 4.32 Å². The van der Waals surface area contributed by atoms with Gasteiger partial charge in [-0.1, -0.05) is 30.0 Å². The van der Waals surface area contributed by atoms with Crippen molar-refractivity contribution in [3.8, 4) is 0 Å². The minimum absolute atomic E-state index is 0.0155. The molecule has 0 aromatic carbocycles. The number of thiophene rings is 1. The highest BCUT2D eigenvalue weighted by Gasteiger charge is 2.37. The van der Waals surface area contributed by atoms with Crippen LogP contribution in [0.4, 0.5) is 0 Å². The Kier molecular flexibility index (Phi) is 4.76. The lowest BCUT2D eigenvalue weighted by Crippen LogP contribution is -2.52. The SMILES string of the molecule is O=C([O-])C[C@@H](C(=O)[O-])N1C(=O)/C(=C\c2cccs2)SC1=S. The first-order chi connectivity index (χ1) is 9.90. The smallest absolute Gasteiger partial charge is 0.266 e. The van der Waals surface area contributed by atoms with E-state index in [1.165, 1.54) is 11.3 Å². The van der Waals surface area contributed by atoms with Gasteiger partial charge in [0.25, 0.3) is 5.91 Å². The summed E-state index contributed by atoms with van der Waals surface area (Å²) in [6, 6.07) is 1.92. The van der Waals surface area contributed by atoms with Crippen LogP contribution in [0.5, 0.6) is 0 Å². The first kappa shape index (κ1) is 15.7. The molecular formula is C12H7NO5S3-2. The predicted molar refractivity (Wildman–Crippen MR) is 77.8 cm³/mol. The van der Waals surface area contributed by atoms with Crippen molar-refractivity contribution in [3.05, 3.63) is 27.3 Å². The maximum atomic E-state index is 12.2. The van der Waals surface area contributed by atoms with Crippen molar-refractivity contribution in [2.75, 3.05) is 0 Å². The predicted octanol–water partition coefficient (Wildman–Crippen LogP) is -0.792. The van der Waals surface area contributed by atoms with Crippen LogP contribution in [0.2, 0.25) is 0 Å². The van der Waals surface area contributed by atoms with Crippen LogP contribution in [0.3, 0.4) is 0 Å². The van der Waals surface area contributed by atoms with Crippen LogP contribution in [0.25, 0.3) is 6.08 Å². The van der Waals surface area contributed by atoms with E-state index in [1.807, 2.05) is 5.38 Å². The lowest BCUT2D eigenvalue weighted by Gasteiger charge is -2.27. The summed E-state index contributed by atoms with van der Waals surface area (Å²) in [4.78, 5) is 35.7. The molecule has 1 fully saturated rings. The Morgan fingerprint density at radius 2 is 2.14 bits per heavy atom. The lowest BCUT2D eigenvalue weighted by molar-refractivity contribution is -0.319. The van der Waals surface area contributed by atoms with Gasteiger partial charge in [-0.25, -0.2) is 0 Å². The van der Waals surface area contributed by atoms with Crippen LogP contribution in [-0.2, 0) is 14.4 Å². The van der Waals surface area contributed by atoms with Crippen molar-refractivity contribution in [3.63, 3.8) is 0 Å². The number of rotatable bonds is 5. The minimum atomic E-state index is -1.69. The largest absolute Gasteiger partial charge is 0.550 e. The van der Waals surface area contributed by atoms with E-state index in [9.17, 15) is 24.6 Å². The van der Waals surface area contributed by atoms with E-state index in [0.29, 0.717) is 0 Å². The van der Waals surface area contributed by atoms with Gasteiger partial charge in [-0.2, -0.15) is 0 Å². The van der Waals surface area contributed by atoms with Gasteiger partial charge >= 0.3 is 0 Å². The van der Waals surface area contributed by atoms with Gasteiger partial charge in [-0.05, 0) is 17.5 Å². The number of carboxylic acids is 2. The zero-order chi connectivity index (χ0) is 15.6. The van der Waals surface area contributed by atoms with E-state index in [1.54, 1.807) is 18.2 Å². The van der Waals surface area contributed by atoms with Crippen LogP contribution in [0.15, 0.2) is 22.4 Å². The number of nitrogens with zero attached hydrogens (tertiary/aromatic N) is 1. The van der Waals surface area contributed by atoms with Crippen LogP contribution in [0.1, 0.15) is 11.3 Å². The number of hydrogen-bond donors (Lipinski definition) is 0. The van der Waals surface area contributed by atoms with Gasteiger partial charge in [-0.15, -0.1) is 11.3 Å². The first-order valence-corrected chi connectivity index (χ1v) is 7.72. The molecule has 6 nitrogen and oxygen atoms in total. The first-order valence-electron chi connectivity index (χ1n) is 5.61. The number of amides is 1. The fourth-order valence-corrected chi connectivity index (χ4v) is 3.77. The van der Waals surface area contributed by atoms with E-state index >= 15 is 0 Å². The van der Waals surface area contributed by atoms with Crippen molar-refractivity contribution >= 4 is 63.6 Å². The average Bonchev–Trinajstić information content (AvgIpc) is 2.97. The van der Waals surface area contributed by atoms with Gasteiger partial charge in [0.05, 0.1) is 16.9 Å². The number of carbonyl (C=O) groups excluding carboxylic acids is 3. The van der Waals surface area contributed by atoms with Gasteiger partial charge in [0, 0.05) is 17.3 Å². The van der Waals surface area contributed by atoms with Crippen molar-refractivity contribution in [2.24, 2.45) is 0 Å². The molecule has 0 N–H and O–H groups in total. The third-order valence-electron chi connectivity index (χ3n) is 2.58. The van der Waals surface area contributed by atoms with Crippen LogP contribution >= 0.6 is 35.3 Å². The Hall–Kier alpha value is -1.71. The molecule has 0 aliphatic carbocycles. The summed E-state index contributed by atoms with van der Waals surface area (Å²) in [6.45, 7) is 0. The van der Waals surface area contributed by atoms with Crippen LogP contribution in [0, 0.1) is 0 Å². The van der Waals surface area contributed by atoms with Gasteiger partial charge in [0.2, 0.25) is 0 Å². The molecule has 21 heavy (non-hydrogen) atoms. The Bertz CT molecular complexity index is 637. The number of carboxylic acid groups (broad SMARTS) is 2. The summed E-state index contributed by atoms with van der Waals surface area (Å²) >= 11 is 7.29. The molecule has 1 aromatic heterocycles. The normalized spacial score (nSPS) is 18.3. The summed E-state index contributed by atoms with van der Waals surface area (Å²) in [5, 5.41) is 23.5. The molecule has 1 amide bonds. The minimum Gasteiger partial charge on any atom is -0.550 e. The quantitative estimate of drug-likeness (QED) is 0.511. The topological polar surface area (TPSA) is 101 Å². The molecule has 2 heterocycles. The van der Waals surface area contributed by atoms with Crippen molar-refractivity contribution in [1.82, 2.24) is 4.90 Å². The zero-order valence-corrected chi connectivity index (χ0v) is 12.8. The van der Waals surface area contributed by atoms with Crippen molar-refractivity contribution < 1.29 is 24.6 Å². The molecule has 0 saturated carbocycles. The zero-order valence-electron chi connectivity index (χ0n) is 10.3. The van der Waals surface area contributed by atoms with Gasteiger partial charge in [-0.3, -0.25) is 9.69 Å². The van der Waals surface area contributed by atoms with E-state index in [4.69, 9.17) is 12.2 Å². The van der Waals surface area contributed by atoms with E-state index in [2.05, 4.69) is 0 Å². The molecule has 1 aliphatic heterocycles. The number of aliphatic carboxylic acids is 2. The molecule has 0 bridgehead atoms. The summed E-state index contributed by atoms with van der Waals surface area (Å²) < 4.78 is -0.0155. The average molecular weight is 341 g/mol. The third kappa shape index (κ3) is 3.49. The molecule has 1 saturated heterocycles. The number of thiocarbonyl (C=S) groups is 1. The van der Waals surface area contributed by atoms with Gasteiger partial charge < -0.3 is 19.8 Å². The number of hydrogen-bond acceptors (Lipinski definition) is 8. The Morgan fingerprint density at radius 3 is 2.67 bits per heavy atom. The second kappa shape index (κ2) is 6.37.